The van der Waals surface area contributed by atoms with Crippen molar-refractivity contribution < 1.29 is 14.3 Å². The zero-order chi connectivity index (χ0) is 18.1. The molecule has 0 unspecified atom stereocenters. The van der Waals surface area contributed by atoms with Gasteiger partial charge in [-0.25, -0.2) is 14.3 Å². The van der Waals surface area contributed by atoms with Crippen LogP contribution in [0.15, 0.2) is 24.0 Å². The molecule has 4 rings (SSSR count). The van der Waals surface area contributed by atoms with E-state index in [4.69, 9.17) is 4.74 Å². The molecule has 0 N–H and O–H groups in total. The number of fused-ring (bicyclic) bond motifs is 2. The molecule has 0 aliphatic carbocycles. The first-order chi connectivity index (χ1) is 12.7. The summed E-state index contributed by atoms with van der Waals surface area (Å²) in [4.78, 5) is 36.0. The van der Waals surface area contributed by atoms with Crippen molar-refractivity contribution in [2.24, 2.45) is 0 Å². The van der Waals surface area contributed by atoms with E-state index < -0.39 is 5.97 Å². The fourth-order valence-electron chi connectivity index (χ4n) is 3.09. The summed E-state index contributed by atoms with van der Waals surface area (Å²) in [7, 11) is 0. The van der Waals surface area contributed by atoms with Gasteiger partial charge in [-0.1, -0.05) is 6.92 Å². The predicted octanol–water partition coefficient (Wildman–Crippen LogP) is 1.49. The van der Waals surface area contributed by atoms with Crippen LogP contribution in [0.5, 0.6) is 0 Å². The van der Waals surface area contributed by atoms with Crippen molar-refractivity contribution in [1.82, 2.24) is 24.5 Å². The summed E-state index contributed by atoms with van der Waals surface area (Å²) < 4.78 is 6.77. The number of carbonyl (C=O) groups is 2. The summed E-state index contributed by atoms with van der Waals surface area (Å²) >= 11 is 1.72. The van der Waals surface area contributed by atoms with Gasteiger partial charge in [0, 0.05) is 24.2 Å². The molecule has 0 spiro atoms. The third kappa shape index (κ3) is 2.94. The number of amides is 1. The summed E-state index contributed by atoms with van der Waals surface area (Å²) in [6.07, 6.45) is 4.22. The Bertz CT molecular complexity index is 980. The molecule has 0 saturated carbocycles. The Morgan fingerprint density at radius 3 is 3.08 bits per heavy atom. The normalized spacial score (nSPS) is 13.7. The van der Waals surface area contributed by atoms with Crippen molar-refractivity contribution in [2.45, 2.75) is 26.3 Å². The lowest BCUT2D eigenvalue weighted by Crippen LogP contribution is -2.38. The molecule has 0 saturated heterocycles. The molecule has 0 fully saturated rings. The minimum atomic E-state index is -0.576. The molecule has 8 nitrogen and oxygen atoms in total. The van der Waals surface area contributed by atoms with E-state index in [1.165, 1.54) is 27.5 Å². The SMILES string of the molecule is CCc1c(C(=O)OCC(=O)N2CCc3sccc3C2)cnc2ncnn12. The van der Waals surface area contributed by atoms with Crippen molar-refractivity contribution in [3.05, 3.63) is 45.7 Å². The van der Waals surface area contributed by atoms with E-state index >= 15 is 0 Å². The van der Waals surface area contributed by atoms with Gasteiger partial charge in [0.2, 0.25) is 0 Å². The highest BCUT2D eigenvalue weighted by atomic mass is 32.1. The molecule has 134 valence electrons. The fourth-order valence-corrected chi connectivity index (χ4v) is 3.98. The van der Waals surface area contributed by atoms with Gasteiger partial charge in [0.15, 0.2) is 6.61 Å². The van der Waals surface area contributed by atoms with E-state index in [1.807, 2.05) is 18.4 Å². The molecule has 0 atom stereocenters. The molecule has 4 heterocycles. The lowest BCUT2D eigenvalue weighted by Gasteiger charge is -2.26. The average molecular weight is 371 g/mol. The topological polar surface area (TPSA) is 89.7 Å². The third-order valence-electron chi connectivity index (χ3n) is 4.45. The molecule has 0 aromatic carbocycles. The smallest absolute Gasteiger partial charge is 0.342 e. The molecule has 3 aromatic heterocycles. The zero-order valence-corrected chi connectivity index (χ0v) is 15.0. The Hall–Kier alpha value is -2.81. The summed E-state index contributed by atoms with van der Waals surface area (Å²) in [6.45, 7) is 2.85. The lowest BCUT2D eigenvalue weighted by atomic mass is 10.1. The first-order valence-electron chi connectivity index (χ1n) is 8.35. The van der Waals surface area contributed by atoms with Crippen molar-refractivity contribution in [3.63, 3.8) is 0 Å². The molecule has 1 amide bonds. The predicted molar refractivity (Wildman–Crippen MR) is 93.9 cm³/mol. The second kappa shape index (κ2) is 6.83. The summed E-state index contributed by atoms with van der Waals surface area (Å²) in [6, 6.07) is 2.04. The summed E-state index contributed by atoms with van der Waals surface area (Å²) in [5.41, 5.74) is 2.14. The minimum Gasteiger partial charge on any atom is -0.452 e. The standard InChI is InChI=1S/C17H17N5O3S/c1-2-13-12(7-18-17-19-10-20-22(13)17)16(24)25-9-15(23)21-5-3-14-11(8-21)4-6-26-14/h4,6-7,10H,2-3,5,8-9H2,1H3. The Morgan fingerprint density at radius 2 is 2.23 bits per heavy atom. The minimum absolute atomic E-state index is 0.192. The van der Waals surface area contributed by atoms with Crippen LogP contribution in [-0.2, 0) is 28.9 Å². The van der Waals surface area contributed by atoms with E-state index in [2.05, 4.69) is 15.1 Å². The number of nitrogens with zero attached hydrogens (tertiary/aromatic N) is 5. The van der Waals surface area contributed by atoms with Crippen LogP contribution in [0.2, 0.25) is 0 Å². The van der Waals surface area contributed by atoms with Crippen LogP contribution in [0.1, 0.15) is 33.4 Å². The highest BCUT2D eigenvalue weighted by molar-refractivity contribution is 7.10. The van der Waals surface area contributed by atoms with Gasteiger partial charge in [0.25, 0.3) is 11.7 Å². The van der Waals surface area contributed by atoms with Crippen molar-refractivity contribution in [1.29, 1.82) is 0 Å². The van der Waals surface area contributed by atoms with Crippen LogP contribution in [-0.4, -0.2) is 49.5 Å². The van der Waals surface area contributed by atoms with Crippen molar-refractivity contribution in [2.75, 3.05) is 13.2 Å². The molecule has 0 radical (unpaired) electrons. The molecular formula is C17H17N5O3S. The molecule has 0 bridgehead atoms. The van der Waals surface area contributed by atoms with Crippen LogP contribution >= 0.6 is 11.3 Å². The molecule has 1 aliphatic rings. The van der Waals surface area contributed by atoms with Crippen molar-refractivity contribution >= 4 is 29.0 Å². The second-order valence-corrected chi connectivity index (χ2v) is 6.96. The van der Waals surface area contributed by atoms with Gasteiger partial charge >= 0.3 is 5.97 Å². The Kier molecular flexibility index (Phi) is 4.37. The van der Waals surface area contributed by atoms with Gasteiger partial charge in [-0.05, 0) is 29.9 Å². The summed E-state index contributed by atoms with van der Waals surface area (Å²) in [5, 5.41) is 6.12. The third-order valence-corrected chi connectivity index (χ3v) is 5.47. The number of aryl methyl sites for hydroxylation is 1. The van der Waals surface area contributed by atoms with Crippen LogP contribution in [0, 0.1) is 0 Å². The number of rotatable bonds is 4. The first-order valence-corrected chi connectivity index (χ1v) is 9.23. The Morgan fingerprint density at radius 1 is 1.35 bits per heavy atom. The van der Waals surface area contributed by atoms with E-state index in [0.717, 1.165) is 6.42 Å². The van der Waals surface area contributed by atoms with Crippen LogP contribution in [0.25, 0.3) is 5.78 Å². The monoisotopic (exact) mass is 371 g/mol. The van der Waals surface area contributed by atoms with Crippen LogP contribution in [0.3, 0.4) is 0 Å². The maximum absolute atomic E-state index is 12.4. The number of thiophene rings is 1. The molecular weight excluding hydrogens is 354 g/mol. The number of ether oxygens (including phenoxy) is 1. The van der Waals surface area contributed by atoms with Crippen molar-refractivity contribution in [3.8, 4) is 0 Å². The average Bonchev–Trinajstić information content (AvgIpc) is 3.32. The van der Waals surface area contributed by atoms with Crippen LogP contribution in [0.4, 0.5) is 0 Å². The van der Waals surface area contributed by atoms with Gasteiger partial charge in [0.1, 0.15) is 6.33 Å². The number of carbonyl (C=O) groups excluding carboxylic acids is 2. The zero-order valence-electron chi connectivity index (χ0n) is 14.2. The number of aromatic nitrogens is 4. The van der Waals surface area contributed by atoms with Gasteiger partial charge in [0.05, 0.1) is 11.3 Å². The van der Waals surface area contributed by atoms with Gasteiger partial charge in [-0.15, -0.1) is 11.3 Å². The van der Waals surface area contributed by atoms with E-state index in [9.17, 15) is 9.59 Å². The largest absolute Gasteiger partial charge is 0.452 e. The highest BCUT2D eigenvalue weighted by Gasteiger charge is 2.23. The Balaban J connectivity index is 1.43. The van der Waals surface area contributed by atoms with Gasteiger partial charge < -0.3 is 9.64 Å². The van der Waals surface area contributed by atoms with Gasteiger partial charge in [-0.2, -0.15) is 10.1 Å². The molecule has 3 aromatic rings. The number of hydrogen-bond donors (Lipinski definition) is 0. The number of hydrogen-bond acceptors (Lipinski definition) is 7. The van der Waals surface area contributed by atoms with E-state index in [1.54, 1.807) is 16.2 Å². The van der Waals surface area contributed by atoms with Crippen LogP contribution < -0.4 is 0 Å². The summed E-state index contributed by atoms with van der Waals surface area (Å²) in [5.74, 6) is -0.342. The highest BCUT2D eigenvalue weighted by Crippen LogP contribution is 2.24. The number of esters is 1. The first kappa shape index (κ1) is 16.6. The van der Waals surface area contributed by atoms with Gasteiger partial charge in [-0.3, -0.25) is 4.79 Å². The second-order valence-electron chi connectivity index (χ2n) is 5.95. The molecule has 9 heteroatoms. The fraction of sp³-hybridized carbons (Fsp3) is 0.353. The lowest BCUT2D eigenvalue weighted by molar-refractivity contribution is -0.135. The van der Waals surface area contributed by atoms with E-state index in [0.29, 0.717) is 36.5 Å². The molecule has 26 heavy (non-hydrogen) atoms. The maximum atomic E-state index is 12.4. The Labute approximate surface area is 153 Å². The quantitative estimate of drug-likeness (QED) is 0.646. The molecule has 1 aliphatic heterocycles. The maximum Gasteiger partial charge on any atom is 0.342 e. The van der Waals surface area contributed by atoms with E-state index in [-0.39, 0.29) is 12.5 Å².